The van der Waals surface area contributed by atoms with E-state index in [4.69, 9.17) is 14.8 Å². The number of methoxy groups -OCH3 is 1. The normalized spacial score (nSPS) is 21.5. The zero-order valence-electron chi connectivity index (χ0n) is 17.5. The molecule has 1 fully saturated rings. The molecular weight excluding hydrogens is 364 g/mol. The van der Waals surface area contributed by atoms with Gasteiger partial charge in [-0.3, -0.25) is 4.90 Å². The molecule has 1 aromatic carbocycles. The lowest BCUT2D eigenvalue weighted by Crippen LogP contribution is -2.38. The number of hydrogen-bond acceptors (Lipinski definition) is 5. The van der Waals surface area contributed by atoms with Gasteiger partial charge in [0.05, 0.1) is 18.5 Å². The molecule has 1 saturated heterocycles. The third kappa shape index (κ3) is 2.89. The Morgan fingerprint density at radius 2 is 2.07 bits per heavy atom. The van der Waals surface area contributed by atoms with E-state index in [1.807, 2.05) is 18.3 Å². The zero-order valence-corrected chi connectivity index (χ0v) is 17.5. The number of aromatic hydroxyl groups is 1. The Morgan fingerprint density at radius 1 is 1.24 bits per heavy atom. The summed E-state index contributed by atoms with van der Waals surface area (Å²) in [5.41, 5.74) is 5.50. The number of rotatable bonds is 3. The summed E-state index contributed by atoms with van der Waals surface area (Å²) < 4.78 is 7.36. The van der Waals surface area contributed by atoms with E-state index in [9.17, 15) is 5.11 Å². The molecule has 1 N–H and O–H groups in total. The standard InChI is InChI=1S/C23H28N4O2/c1-23(2,3)20-11-21-24-12-16-17-9-8-15(10-18(16)27(21)25-20)26(17)13-14-6-5-7-19(29-4)22(14)28/h5-7,11-12,15,17,28H,8-10,13H2,1-4H3/t15-,17-/m0/s1. The van der Waals surface area contributed by atoms with Crippen molar-refractivity contribution in [1.82, 2.24) is 19.5 Å². The highest BCUT2D eigenvalue weighted by atomic mass is 16.5. The zero-order chi connectivity index (χ0) is 20.3. The molecule has 2 bridgehead atoms. The maximum Gasteiger partial charge on any atom is 0.162 e. The van der Waals surface area contributed by atoms with Crippen LogP contribution in [0.2, 0.25) is 0 Å². The molecule has 2 atom stereocenters. The van der Waals surface area contributed by atoms with Crippen molar-refractivity contribution >= 4 is 5.65 Å². The van der Waals surface area contributed by atoms with Gasteiger partial charge in [0.15, 0.2) is 17.1 Å². The predicted octanol–water partition coefficient (Wildman–Crippen LogP) is 4.00. The first-order valence-electron chi connectivity index (χ1n) is 10.4. The molecular formula is C23H28N4O2. The van der Waals surface area contributed by atoms with Crippen molar-refractivity contribution in [2.45, 2.75) is 64.1 Å². The molecule has 0 unspecified atom stereocenters. The highest BCUT2D eigenvalue weighted by molar-refractivity contribution is 5.47. The highest BCUT2D eigenvalue weighted by Gasteiger charge is 2.41. The quantitative estimate of drug-likeness (QED) is 0.730. The topological polar surface area (TPSA) is 62.9 Å². The lowest BCUT2D eigenvalue weighted by atomic mass is 9.93. The first kappa shape index (κ1) is 18.4. The molecule has 6 nitrogen and oxygen atoms in total. The van der Waals surface area contributed by atoms with Gasteiger partial charge in [-0.15, -0.1) is 0 Å². The van der Waals surface area contributed by atoms with Crippen LogP contribution in [0.3, 0.4) is 0 Å². The average molecular weight is 393 g/mol. The van der Waals surface area contributed by atoms with Gasteiger partial charge in [-0.05, 0) is 18.9 Å². The first-order chi connectivity index (χ1) is 13.9. The Morgan fingerprint density at radius 3 is 2.83 bits per heavy atom. The van der Waals surface area contributed by atoms with Gasteiger partial charge in [0.2, 0.25) is 0 Å². The van der Waals surface area contributed by atoms with E-state index in [0.717, 1.165) is 36.2 Å². The van der Waals surface area contributed by atoms with E-state index < -0.39 is 0 Å². The summed E-state index contributed by atoms with van der Waals surface area (Å²) in [4.78, 5) is 7.25. The van der Waals surface area contributed by atoms with Crippen molar-refractivity contribution in [2.75, 3.05) is 7.11 Å². The Balaban J connectivity index is 1.52. The molecule has 0 spiro atoms. The minimum absolute atomic E-state index is 0.00413. The number of nitrogens with zero attached hydrogens (tertiary/aromatic N) is 4. The maximum atomic E-state index is 10.5. The second kappa shape index (κ2) is 6.46. The number of benzene rings is 1. The first-order valence-corrected chi connectivity index (χ1v) is 10.4. The van der Waals surface area contributed by atoms with Gasteiger partial charge in [-0.25, -0.2) is 9.50 Å². The summed E-state index contributed by atoms with van der Waals surface area (Å²) in [6, 6.07) is 8.60. The van der Waals surface area contributed by atoms with Gasteiger partial charge in [0.25, 0.3) is 0 Å². The van der Waals surface area contributed by atoms with Crippen LogP contribution in [0.5, 0.6) is 11.5 Å². The molecule has 0 radical (unpaired) electrons. The minimum atomic E-state index is 0.00413. The maximum absolute atomic E-state index is 10.5. The Hall–Kier alpha value is -2.60. The summed E-state index contributed by atoms with van der Waals surface area (Å²) in [6.45, 7) is 7.27. The average Bonchev–Trinajstić information content (AvgIpc) is 3.24. The summed E-state index contributed by atoms with van der Waals surface area (Å²) in [5.74, 6) is 0.776. The van der Waals surface area contributed by atoms with Crippen LogP contribution in [0.15, 0.2) is 30.5 Å². The van der Waals surface area contributed by atoms with Gasteiger partial charge in [0.1, 0.15) is 0 Å². The summed E-state index contributed by atoms with van der Waals surface area (Å²) >= 11 is 0. The fraction of sp³-hybridized carbons (Fsp3) is 0.478. The number of phenolic OH excluding ortho intramolecular Hbond substituents is 1. The second-order valence-corrected chi connectivity index (χ2v) is 9.30. The minimum Gasteiger partial charge on any atom is -0.504 e. The van der Waals surface area contributed by atoms with Crippen molar-refractivity contribution in [3.63, 3.8) is 0 Å². The number of ether oxygens (including phenoxy) is 1. The molecule has 152 valence electrons. The molecule has 2 aliphatic heterocycles. The van der Waals surface area contributed by atoms with Gasteiger partial charge < -0.3 is 9.84 Å². The summed E-state index contributed by atoms with van der Waals surface area (Å²) in [5, 5.41) is 15.5. The Labute approximate surface area is 171 Å². The van der Waals surface area contributed by atoms with Gasteiger partial charge in [-0.1, -0.05) is 32.9 Å². The van der Waals surface area contributed by atoms with Gasteiger partial charge in [0, 0.05) is 53.9 Å². The van der Waals surface area contributed by atoms with Crippen LogP contribution in [-0.2, 0) is 18.4 Å². The van der Waals surface area contributed by atoms with E-state index in [-0.39, 0.29) is 11.2 Å². The van der Waals surface area contributed by atoms with E-state index in [0.29, 0.717) is 24.4 Å². The lowest BCUT2D eigenvalue weighted by Gasteiger charge is -2.36. The van der Waals surface area contributed by atoms with Crippen LogP contribution in [0.1, 0.15) is 62.2 Å². The third-order valence-electron chi connectivity index (χ3n) is 6.47. The number of para-hydroxylation sites is 1. The van der Waals surface area contributed by atoms with E-state index in [2.05, 4.69) is 36.3 Å². The van der Waals surface area contributed by atoms with Crippen LogP contribution < -0.4 is 4.74 Å². The van der Waals surface area contributed by atoms with Gasteiger partial charge in [-0.2, -0.15) is 5.10 Å². The fourth-order valence-corrected chi connectivity index (χ4v) is 4.85. The molecule has 0 saturated carbocycles. The summed E-state index contributed by atoms with van der Waals surface area (Å²) in [6.07, 6.45) is 5.27. The molecule has 0 aliphatic carbocycles. The second-order valence-electron chi connectivity index (χ2n) is 9.30. The molecule has 29 heavy (non-hydrogen) atoms. The van der Waals surface area contributed by atoms with Crippen molar-refractivity contribution in [3.05, 3.63) is 53.0 Å². The number of fused-ring (bicyclic) bond motifs is 6. The van der Waals surface area contributed by atoms with Crippen molar-refractivity contribution in [1.29, 1.82) is 0 Å². The molecule has 0 amide bonds. The Kier molecular flexibility index (Phi) is 4.10. The predicted molar refractivity (Wildman–Crippen MR) is 111 cm³/mol. The van der Waals surface area contributed by atoms with Crippen LogP contribution in [-0.4, -0.2) is 37.8 Å². The van der Waals surface area contributed by atoms with E-state index >= 15 is 0 Å². The fourth-order valence-electron chi connectivity index (χ4n) is 4.85. The van der Waals surface area contributed by atoms with Crippen molar-refractivity contribution in [3.8, 4) is 11.5 Å². The van der Waals surface area contributed by atoms with Gasteiger partial charge >= 0.3 is 0 Å². The highest BCUT2D eigenvalue weighted by Crippen LogP contribution is 2.45. The molecule has 2 aliphatic rings. The number of aromatic nitrogens is 3. The number of phenols is 1. The SMILES string of the molecule is COc1cccc(CN2[C@H]3CC[C@H]2c2cnc4cc(C(C)(C)C)nn4c2C3)c1O. The monoisotopic (exact) mass is 392 g/mol. The largest absolute Gasteiger partial charge is 0.504 e. The van der Waals surface area contributed by atoms with E-state index in [1.54, 1.807) is 13.2 Å². The van der Waals surface area contributed by atoms with Crippen molar-refractivity contribution in [2.24, 2.45) is 0 Å². The molecule has 5 rings (SSSR count). The Bertz CT molecular complexity index is 1080. The van der Waals surface area contributed by atoms with Crippen LogP contribution in [0.25, 0.3) is 5.65 Å². The van der Waals surface area contributed by atoms with Crippen molar-refractivity contribution < 1.29 is 9.84 Å². The molecule has 2 aromatic heterocycles. The molecule has 6 heteroatoms. The van der Waals surface area contributed by atoms with Crippen LogP contribution in [0, 0.1) is 0 Å². The van der Waals surface area contributed by atoms with E-state index in [1.165, 1.54) is 11.3 Å². The number of hydrogen-bond donors (Lipinski definition) is 1. The third-order valence-corrected chi connectivity index (χ3v) is 6.47. The summed E-state index contributed by atoms with van der Waals surface area (Å²) in [7, 11) is 1.59. The lowest BCUT2D eigenvalue weighted by molar-refractivity contribution is 0.163. The van der Waals surface area contributed by atoms with Crippen LogP contribution in [0.4, 0.5) is 0 Å². The van der Waals surface area contributed by atoms with Crippen LogP contribution >= 0.6 is 0 Å². The molecule has 3 aromatic rings. The smallest absolute Gasteiger partial charge is 0.162 e. The molecule has 4 heterocycles.